The summed E-state index contributed by atoms with van der Waals surface area (Å²) in [6.07, 6.45) is 0.231. The second kappa shape index (κ2) is 7.42. The van der Waals surface area contributed by atoms with Crippen LogP contribution < -0.4 is 10.1 Å². The molecule has 1 aromatic carbocycles. The van der Waals surface area contributed by atoms with Crippen LogP contribution in [-0.2, 0) is 0 Å². The Hall–Kier alpha value is -1.02. The van der Waals surface area contributed by atoms with Crippen LogP contribution in [0.3, 0.4) is 0 Å². The molecule has 0 aromatic heterocycles. The normalized spacial score (nSPS) is 14.6. The molecule has 0 spiro atoms. The third-order valence-corrected chi connectivity index (χ3v) is 3.33. The standard InChI is InChI=1S/C16H27NO/c1-6-17-11-13(4)14(5)15-8-7-9-16(10-15)18-12(2)3/h7-10,12-14,17H,6,11H2,1-5H3. The molecule has 2 atom stereocenters. The molecule has 2 heteroatoms. The minimum Gasteiger partial charge on any atom is -0.491 e. The maximum absolute atomic E-state index is 5.75. The Morgan fingerprint density at radius 1 is 1.17 bits per heavy atom. The van der Waals surface area contributed by atoms with E-state index in [0.29, 0.717) is 11.8 Å². The summed E-state index contributed by atoms with van der Waals surface area (Å²) >= 11 is 0. The third-order valence-electron chi connectivity index (χ3n) is 3.33. The lowest BCUT2D eigenvalue weighted by Crippen LogP contribution is -2.24. The molecular weight excluding hydrogens is 222 g/mol. The van der Waals surface area contributed by atoms with E-state index in [-0.39, 0.29) is 6.10 Å². The van der Waals surface area contributed by atoms with Gasteiger partial charge in [0, 0.05) is 0 Å². The highest BCUT2D eigenvalue weighted by atomic mass is 16.5. The van der Waals surface area contributed by atoms with Gasteiger partial charge in [0.15, 0.2) is 0 Å². The highest BCUT2D eigenvalue weighted by Gasteiger charge is 2.14. The van der Waals surface area contributed by atoms with Crippen molar-refractivity contribution in [3.8, 4) is 5.75 Å². The van der Waals surface area contributed by atoms with Gasteiger partial charge in [0.2, 0.25) is 0 Å². The average Bonchev–Trinajstić information content (AvgIpc) is 2.34. The molecule has 0 aliphatic rings. The summed E-state index contributed by atoms with van der Waals surface area (Å²) in [5, 5.41) is 3.41. The summed E-state index contributed by atoms with van der Waals surface area (Å²) in [6, 6.07) is 8.49. The fraction of sp³-hybridized carbons (Fsp3) is 0.625. The van der Waals surface area contributed by atoms with Gasteiger partial charge in [-0.3, -0.25) is 0 Å². The Balaban J connectivity index is 2.69. The second-order valence-electron chi connectivity index (χ2n) is 5.31. The van der Waals surface area contributed by atoms with Crippen molar-refractivity contribution in [2.45, 2.75) is 46.6 Å². The highest BCUT2D eigenvalue weighted by molar-refractivity contribution is 5.31. The van der Waals surface area contributed by atoms with Crippen LogP contribution in [-0.4, -0.2) is 19.2 Å². The van der Waals surface area contributed by atoms with E-state index in [1.165, 1.54) is 5.56 Å². The molecule has 2 unspecified atom stereocenters. The molecule has 18 heavy (non-hydrogen) atoms. The second-order valence-corrected chi connectivity index (χ2v) is 5.31. The molecule has 1 rings (SSSR count). The SMILES string of the molecule is CCNCC(C)C(C)c1cccc(OC(C)C)c1. The molecule has 0 amide bonds. The Morgan fingerprint density at radius 2 is 1.89 bits per heavy atom. The Kier molecular flexibility index (Phi) is 6.20. The monoisotopic (exact) mass is 249 g/mol. The van der Waals surface area contributed by atoms with Crippen LogP contribution in [0.4, 0.5) is 0 Å². The molecule has 1 aromatic rings. The predicted molar refractivity (Wildman–Crippen MR) is 78.3 cm³/mol. The first-order chi connectivity index (χ1) is 8.54. The summed E-state index contributed by atoms with van der Waals surface area (Å²) in [5.74, 6) is 2.14. The Bertz CT molecular complexity index is 349. The quantitative estimate of drug-likeness (QED) is 0.793. The summed E-state index contributed by atoms with van der Waals surface area (Å²) in [6.45, 7) is 12.9. The van der Waals surface area contributed by atoms with Crippen molar-refractivity contribution in [1.82, 2.24) is 5.32 Å². The van der Waals surface area contributed by atoms with Gasteiger partial charge in [-0.25, -0.2) is 0 Å². The van der Waals surface area contributed by atoms with Gasteiger partial charge < -0.3 is 10.1 Å². The van der Waals surface area contributed by atoms with Crippen LogP contribution in [0.1, 0.15) is 46.1 Å². The maximum Gasteiger partial charge on any atom is 0.119 e. The number of nitrogens with one attached hydrogen (secondary N) is 1. The van der Waals surface area contributed by atoms with Crippen molar-refractivity contribution >= 4 is 0 Å². The lowest BCUT2D eigenvalue weighted by atomic mass is 9.89. The number of hydrogen-bond acceptors (Lipinski definition) is 2. The predicted octanol–water partition coefficient (Wildman–Crippen LogP) is 3.82. The lowest BCUT2D eigenvalue weighted by molar-refractivity contribution is 0.242. The van der Waals surface area contributed by atoms with E-state index in [4.69, 9.17) is 4.74 Å². The molecule has 0 heterocycles. The zero-order valence-corrected chi connectivity index (χ0v) is 12.4. The van der Waals surface area contributed by atoms with Gasteiger partial charge in [-0.2, -0.15) is 0 Å². The summed E-state index contributed by atoms with van der Waals surface area (Å²) < 4.78 is 5.75. The molecule has 2 nitrogen and oxygen atoms in total. The molecule has 102 valence electrons. The highest BCUT2D eigenvalue weighted by Crippen LogP contribution is 2.27. The summed E-state index contributed by atoms with van der Waals surface area (Å²) in [5.41, 5.74) is 1.36. The van der Waals surface area contributed by atoms with Gasteiger partial charge in [-0.15, -0.1) is 0 Å². The summed E-state index contributed by atoms with van der Waals surface area (Å²) in [4.78, 5) is 0. The van der Waals surface area contributed by atoms with Crippen molar-refractivity contribution in [1.29, 1.82) is 0 Å². The Morgan fingerprint density at radius 3 is 2.50 bits per heavy atom. The first kappa shape index (κ1) is 15.0. The third kappa shape index (κ3) is 4.69. The molecular formula is C16H27NO. The van der Waals surface area contributed by atoms with Gasteiger partial charge >= 0.3 is 0 Å². The largest absolute Gasteiger partial charge is 0.491 e. The van der Waals surface area contributed by atoms with Crippen LogP contribution in [0.5, 0.6) is 5.75 Å². The zero-order valence-electron chi connectivity index (χ0n) is 12.4. The minimum atomic E-state index is 0.231. The van der Waals surface area contributed by atoms with E-state index in [2.05, 4.69) is 58.1 Å². The van der Waals surface area contributed by atoms with E-state index in [9.17, 15) is 0 Å². The van der Waals surface area contributed by atoms with Gasteiger partial charge in [0.25, 0.3) is 0 Å². The summed E-state index contributed by atoms with van der Waals surface area (Å²) in [7, 11) is 0. The van der Waals surface area contributed by atoms with E-state index < -0.39 is 0 Å². The molecule has 0 bridgehead atoms. The number of benzene rings is 1. The van der Waals surface area contributed by atoms with Gasteiger partial charge in [-0.05, 0) is 56.5 Å². The van der Waals surface area contributed by atoms with E-state index in [0.717, 1.165) is 18.8 Å². The van der Waals surface area contributed by atoms with Crippen LogP contribution >= 0.6 is 0 Å². The number of ether oxygens (including phenoxy) is 1. The van der Waals surface area contributed by atoms with Gasteiger partial charge in [-0.1, -0.05) is 32.9 Å². The van der Waals surface area contributed by atoms with Crippen molar-refractivity contribution < 1.29 is 4.74 Å². The zero-order chi connectivity index (χ0) is 13.5. The fourth-order valence-corrected chi connectivity index (χ4v) is 2.02. The lowest BCUT2D eigenvalue weighted by Gasteiger charge is -2.21. The fourth-order valence-electron chi connectivity index (χ4n) is 2.02. The molecule has 0 aliphatic heterocycles. The minimum absolute atomic E-state index is 0.231. The molecule has 0 fully saturated rings. The van der Waals surface area contributed by atoms with Crippen molar-refractivity contribution in [2.75, 3.05) is 13.1 Å². The van der Waals surface area contributed by atoms with Crippen molar-refractivity contribution in [3.05, 3.63) is 29.8 Å². The first-order valence-corrected chi connectivity index (χ1v) is 7.02. The van der Waals surface area contributed by atoms with Crippen LogP contribution in [0.15, 0.2) is 24.3 Å². The van der Waals surface area contributed by atoms with E-state index in [1.807, 2.05) is 6.07 Å². The first-order valence-electron chi connectivity index (χ1n) is 7.02. The molecule has 0 radical (unpaired) electrons. The maximum atomic E-state index is 5.75. The molecule has 0 saturated carbocycles. The van der Waals surface area contributed by atoms with E-state index >= 15 is 0 Å². The van der Waals surface area contributed by atoms with Crippen molar-refractivity contribution in [2.24, 2.45) is 5.92 Å². The van der Waals surface area contributed by atoms with Gasteiger partial charge in [0.05, 0.1) is 6.10 Å². The molecule has 1 N–H and O–H groups in total. The van der Waals surface area contributed by atoms with Crippen LogP contribution in [0.2, 0.25) is 0 Å². The number of hydrogen-bond donors (Lipinski definition) is 1. The van der Waals surface area contributed by atoms with Crippen molar-refractivity contribution in [3.63, 3.8) is 0 Å². The van der Waals surface area contributed by atoms with E-state index in [1.54, 1.807) is 0 Å². The molecule has 0 saturated heterocycles. The molecule has 0 aliphatic carbocycles. The topological polar surface area (TPSA) is 21.3 Å². The smallest absolute Gasteiger partial charge is 0.119 e. The van der Waals surface area contributed by atoms with Crippen LogP contribution in [0, 0.1) is 5.92 Å². The number of rotatable bonds is 7. The van der Waals surface area contributed by atoms with Crippen LogP contribution in [0.25, 0.3) is 0 Å². The Labute approximate surface area is 112 Å². The average molecular weight is 249 g/mol. The van der Waals surface area contributed by atoms with Gasteiger partial charge in [0.1, 0.15) is 5.75 Å².